The van der Waals surface area contributed by atoms with Gasteiger partial charge in [-0.15, -0.1) is 0 Å². The largest absolute Gasteiger partial charge is 0.481 e. The zero-order valence-electron chi connectivity index (χ0n) is 22.7. The molecule has 0 aliphatic heterocycles. The molecule has 0 saturated heterocycles. The highest BCUT2D eigenvalue weighted by atomic mass is 32.2. The van der Waals surface area contributed by atoms with E-state index in [1.54, 1.807) is 31.2 Å². The van der Waals surface area contributed by atoms with Crippen molar-refractivity contribution < 1.29 is 36.2 Å². The number of aromatic nitrogens is 3. The smallest absolute Gasteiger partial charge is 0.303 e. The minimum Gasteiger partial charge on any atom is -0.481 e. The van der Waals surface area contributed by atoms with E-state index in [-0.39, 0.29) is 40.9 Å². The fourth-order valence-electron chi connectivity index (χ4n) is 4.78. The number of nitrogens with one attached hydrogen (secondary N) is 2. The van der Waals surface area contributed by atoms with E-state index in [2.05, 4.69) is 21.0 Å². The molecule has 43 heavy (non-hydrogen) atoms. The van der Waals surface area contributed by atoms with E-state index < -0.39 is 49.3 Å². The highest BCUT2D eigenvalue weighted by molar-refractivity contribution is 7.91. The number of imidazole rings is 1. The molecule has 1 unspecified atom stereocenters. The van der Waals surface area contributed by atoms with Crippen LogP contribution in [0.2, 0.25) is 0 Å². The number of nitrogens with zero attached hydrogens (tertiary/aromatic N) is 2. The number of carboxylic acids is 1. The molecule has 0 radical (unpaired) electrons. The maximum Gasteiger partial charge on any atom is 0.303 e. The first-order valence-electron chi connectivity index (χ1n) is 12.8. The van der Waals surface area contributed by atoms with Gasteiger partial charge in [0.15, 0.2) is 21.4 Å². The normalized spacial score (nSPS) is 13.0. The van der Waals surface area contributed by atoms with Gasteiger partial charge < -0.3 is 19.8 Å². The number of aryl methyl sites for hydroxylation is 1. The van der Waals surface area contributed by atoms with E-state index >= 15 is 8.78 Å². The van der Waals surface area contributed by atoms with Crippen molar-refractivity contribution in [1.29, 1.82) is 5.26 Å². The quantitative estimate of drug-likeness (QED) is 0.173. The number of nitriles is 1. The lowest BCUT2D eigenvalue weighted by Gasteiger charge is -2.21. The monoisotopic (exact) mass is 608 g/mol. The Morgan fingerprint density at radius 1 is 1.14 bits per heavy atom. The van der Waals surface area contributed by atoms with Crippen LogP contribution in [0.4, 0.5) is 13.2 Å². The van der Waals surface area contributed by atoms with Crippen LogP contribution >= 0.6 is 0 Å². The Kier molecular flexibility index (Phi) is 7.49. The summed E-state index contributed by atoms with van der Waals surface area (Å²) in [7, 11) is -4.12. The zero-order chi connectivity index (χ0) is 31.1. The molecule has 220 valence electrons. The zero-order valence-corrected chi connectivity index (χ0v) is 23.5. The molecule has 0 amide bonds. The number of hydrogen-bond donors (Lipinski definition) is 3. The third kappa shape index (κ3) is 5.44. The lowest BCUT2D eigenvalue weighted by atomic mass is 9.80. The van der Waals surface area contributed by atoms with Gasteiger partial charge >= 0.3 is 5.97 Å². The van der Waals surface area contributed by atoms with Gasteiger partial charge in [-0.2, -0.15) is 9.65 Å². The van der Waals surface area contributed by atoms with E-state index in [4.69, 9.17) is 9.84 Å². The molecule has 2 heterocycles. The van der Waals surface area contributed by atoms with E-state index in [0.29, 0.717) is 16.8 Å². The predicted molar refractivity (Wildman–Crippen MR) is 150 cm³/mol. The van der Waals surface area contributed by atoms with Gasteiger partial charge in [-0.05, 0) is 48.7 Å². The fraction of sp³-hybridized carbons (Fsp3) is 0.167. The van der Waals surface area contributed by atoms with Gasteiger partial charge in [0.05, 0.1) is 29.0 Å². The van der Waals surface area contributed by atoms with Crippen LogP contribution in [-0.2, 0) is 26.5 Å². The number of rotatable bonds is 9. The van der Waals surface area contributed by atoms with Crippen molar-refractivity contribution in [2.45, 2.75) is 30.1 Å². The minimum absolute atomic E-state index is 0.0162. The first-order valence-corrected chi connectivity index (χ1v) is 14.7. The highest BCUT2D eigenvalue weighted by Crippen LogP contribution is 2.40. The van der Waals surface area contributed by atoms with Crippen molar-refractivity contribution >= 4 is 26.7 Å². The number of fused-ring (bicyclic) bond motifs is 1. The van der Waals surface area contributed by atoms with Crippen LogP contribution in [-0.4, -0.2) is 40.7 Å². The van der Waals surface area contributed by atoms with Gasteiger partial charge in [-0.3, -0.25) is 4.79 Å². The minimum atomic E-state index is -4.12. The van der Waals surface area contributed by atoms with Crippen LogP contribution in [0.25, 0.3) is 22.3 Å². The summed E-state index contributed by atoms with van der Waals surface area (Å²) in [5, 5.41) is 19.0. The molecule has 1 atom stereocenters. The maximum atomic E-state index is 15.1. The summed E-state index contributed by atoms with van der Waals surface area (Å²) in [6.45, 7) is 1.62. The fourth-order valence-corrected chi connectivity index (χ4v) is 5.82. The SMILES string of the molecule is CC(C#N)(c1cccc(CCC(=O)O)c1)c1cnc(-c2cc(Oc3c(F)c(F)c4[nH]ccc4c3S(C)(=O)=O)ccc2F)[nH]1. The van der Waals surface area contributed by atoms with E-state index in [0.717, 1.165) is 24.5 Å². The molecule has 5 aromatic rings. The number of sulfone groups is 1. The standard InChI is InChI=1S/C30H23F3N4O5S/c1-30(15-34,17-5-3-4-16(12-17)6-9-23(38)39)22-14-36-29(37-22)20-13-18(7-8-21(20)31)42-27-25(33)24(32)26-19(10-11-35-26)28(27)43(2,40)41/h3-5,7-8,10-14,35H,6,9H2,1-2H3,(H,36,37)(H,38,39). The summed E-state index contributed by atoms with van der Waals surface area (Å²) in [4.78, 5) is 20.0. The van der Waals surface area contributed by atoms with Crippen molar-refractivity contribution in [3.8, 4) is 29.0 Å². The van der Waals surface area contributed by atoms with Gasteiger partial charge in [0.2, 0.25) is 5.82 Å². The summed E-state index contributed by atoms with van der Waals surface area (Å²) >= 11 is 0. The molecule has 3 N–H and O–H groups in total. The molecule has 0 saturated carbocycles. The Morgan fingerprint density at radius 2 is 1.91 bits per heavy atom. The average Bonchev–Trinajstić information content (AvgIpc) is 3.66. The molecule has 13 heteroatoms. The van der Waals surface area contributed by atoms with E-state index in [1.807, 2.05) is 0 Å². The molecule has 9 nitrogen and oxygen atoms in total. The molecule has 0 aliphatic rings. The summed E-state index contributed by atoms with van der Waals surface area (Å²) in [5.41, 5.74) is -0.212. The van der Waals surface area contributed by atoms with Gasteiger partial charge in [0.25, 0.3) is 0 Å². The molecule has 0 aliphatic carbocycles. The second-order valence-electron chi connectivity index (χ2n) is 10.0. The Labute approximate surface area is 243 Å². The number of benzene rings is 3. The molecule has 0 fully saturated rings. The number of ether oxygens (including phenoxy) is 1. The van der Waals surface area contributed by atoms with Crippen molar-refractivity contribution in [2.75, 3.05) is 6.26 Å². The van der Waals surface area contributed by atoms with Gasteiger partial charge in [-0.1, -0.05) is 24.3 Å². The second kappa shape index (κ2) is 11.0. The van der Waals surface area contributed by atoms with Crippen molar-refractivity contribution in [1.82, 2.24) is 15.0 Å². The van der Waals surface area contributed by atoms with Gasteiger partial charge in [0, 0.05) is 24.3 Å². The second-order valence-corrected chi connectivity index (χ2v) is 12.0. The third-order valence-electron chi connectivity index (χ3n) is 7.06. The van der Waals surface area contributed by atoms with Crippen LogP contribution in [0.3, 0.4) is 0 Å². The first-order chi connectivity index (χ1) is 20.3. The summed E-state index contributed by atoms with van der Waals surface area (Å²) < 4.78 is 75.6. The maximum absolute atomic E-state index is 15.1. The van der Waals surface area contributed by atoms with E-state index in [9.17, 15) is 22.9 Å². The Bertz CT molecular complexity index is 2050. The molecule has 0 spiro atoms. The Balaban J connectivity index is 1.53. The van der Waals surface area contributed by atoms with Crippen LogP contribution in [0.5, 0.6) is 11.5 Å². The number of halogens is 3. The number of carboxylic acid groups (broad SMARTS) is 1. The van der Waals surface area contributed by atoms with Crippen molar-refractivity contribution in [3.63, 3.8) is 0 Å². The van der Waals surface area contributed by atoms with Crippen LogP contribution < -0.4 is 4.74 Å². The number of aromatic amines is 2. The number of carbonyl (C=O) groups is 1. The molecule has 0 bridgehead atoms. The molecule has 5 rings (SSSR count). The van der Waals surface area contributed by atoms with Crippen LogP contribution in [0, 0.1) is 28.8 Å². The number of aliphatic carboxylic acids is 1. The Hall–Kier alpha value is -5.09. The molecule has 2 aromatic heterocycles. The third-order valence-corrected chi connectivity index (χ3v) is 8.21. The number of H-pyrrole nitrogens is 2. The average molecular weight is 609 g/mol. The van der Waals surface area contributed by atoms with Crippen molar-refractivity contribution in [3.05, 3.63) is 95.2 Å². The first kappa shape index (κ1) is 29.4. The molecular weight excluding hydrogens is 585 g/mol. The summed E-state index contributed by atoms with van der Waals surface area (Å²) in [6.07, 6.45) is 3.62. The summed E-state index contributed by atoms with van der Waals surface area (Å²) in [6, 6.07) is 13.6. The van der Waals surface area contributed by atoms with Crippen molar-refractivity contribution in [2.24, 2.45) is 0 Å². The number of hydrogen-bond acceptors (Lipinski definition) is 6. The molecule has 3 aromatic carbocycles. The van der Waals surface area contributed by atoms with Gasteiger partial charge in [0.1, 0.15) is 27.7 Å². The lowest BCUT2D eigenvalue weighted by Crippen LogP contribution is -2.22. The van der Waals surface area contributed by atoms with E-state index in [1.165, 1.54) is 18.5 Å². The van der Waals surface area contributed by atoms with Crippen LogP contribution in [0.15, 0.2) is 65.8 Å². The Morgan fingerprint density at radius 3 is 2.60 bits per heavy atom. The predicted octanol–water partition coefficient (Wildman–Crippen LogP) is 6.02. The highest BCUT2D eigenvalue weighted by Gasteiger charge is 2.32. The van der Waals surface area contributed by atoms with Crippen LogP contribution in [0.1, 0.15) is 30.2 Å². The lowest BCUT2D eigenvalue weighted by molar-refractivity contribution is -0.136. The topological polar surface area (TPSA) is 149 Å². The van der Waals surface area contributed by atoms with Gasteiger partial charge in [-0.25, -0.2) is 22.2 Å². The molecular formula is C30H23F3N4O5S. The summed E-state index contributed by atoms with van der Waals surface area (Å²) in [5.74, 6) is -5.71.